The lowest BCUT2D eigenvalue weighted by Gasteiger charge is -2.22. The van der Waals surface area contributed by atoms with Gasteiger partial charge in [-0.05, 0) is 32.8 Å². The Labute approximate surface area is 140 Å². The van der Waals surface area contributed by atoms with Crippen molar-refractivity contribution in [2.45, 2.75) is 51.7 Å². The molecule has 1 aromatic rings. The molecule has 0 spiro atoms. The number of rotatable bonds is 3. The number of hydrazine groups is 1. The Hall–Kier alpha value is -0.970. The van der Waals surface area contributed by atoms with Crippen LogP contribution in [0, 0.1) is 5.92 Å². The maximum atomic E-state index is 12.6. The molecular weight excluding hydrogens is 323 g/mol. The highest BCUT2D eigenvalue weighted by molar-refractivity contribution is 6.37. The molecule has 1 N–H and O–H groups in total. The SMILES string of the molecule is CC(C)Oc1cc(N2NC3CCCCC3C2=O)c(Cl)cc1Cl. The number of halogens is 2. The Morgan fingerprint density at radius 2 is 1.95 bits per heavy atom. The molecule has 6 heteroatoms. The molecule has 2 unspecified atom stereocenters. The van der Waals surface area contributed by atoms with E-state index in [2.05, 4.69) is 5.43 Å². The molecule has 2 fully saturated rings. The topological polar surface area (TPSA) is 41.6 Å². The second-order valence-electron chi connectivity index (χ2n) is 6.20. The average molecular weight is 343 g/mol. The number of hydrogen-bond donors (Lipinski definition) is 1. The second kappa shape index (κ2) is 6.26. The van der Waals surface area contributed by atoms with Gasteiger partial charge in [0.25, 0.3) is 0 Å². The fourth-order valence-corrected chi connectivity index (χ4v) is 3.71. The van der Waals surface area contributed by atoms with E-state index in [0.717, 1.165) is 25.7 Å². The Morgan fingerprint density at radius 1 is 1.23 bits per heavy atom. The summed E-state index contributed by atoms with van der Waals surface area (Å²) in [5, 5.41) is 2.47. The zero-order valence-corrected chi connectivity index (χ0v) is 14.2. The van der Waals surface area contributed by atoms with Crippen LogP contribution in [-0.4, -0.2) is 18.1 Å². The van der Waals surface area contributed by atoms with E-state index >= 15 is 0 Å². The molecule has 1 aromatic carbocycles. The Bertz CT molecular complexity index is 592. The maximum Gasteiger partial charge on any atom is 0.246 e. The lowest BCUT2D eigenvalue weighted by molar-refractivity contribution is -0.121. The quantitative estimate of drug-likeness (QED) is 0.895. The summed E-state index contributed by atoms with van der Waals surface area (Å²) in [6.07, 6.45) is 4.22. The molecule has 2 aliphatic rings. The molecule has 1 saturated heterocycles. The molecular formula is C16H20Cl2N2O2. The van der Waals surface area contributed by atoms with Crippen LogP contribution in [0.25, 0.3) is 0 Å². The summed E-state index contributed by atoms with van der Waals surface area (Å²) in [5.41, 5.74) is 3.91. The van der Waals surface area contributed by atoms with Gasteiger partial charge in [0.2, 0.25) is 5.91 Å². The minimum absolute atomic E-state index is 0.00338. The standard InChI is InChI=1S/C16H20Cl2N2O2/c1-9(2)22-15-8-14(11(17)7-12(15)18)20-16(21)10-5-3-4-6-13(10)19-20/h7-10,13,19H,3-6H2,1-2H3. The van der Waals surface area contributed by atoms with E-state index in [0.29, 0.717) is 21.5 Å². The first-order chi connectivity index (χ1) is 10.5. The van der Waals surface area contributed by atoms with E-state index in [1.807, 2.05) is 13.8 Å². The number of fused-ring (bicyclic) bond motifs is 1. The third-order valence-corrected chi connectivity index (χ3v) is 4.80. The zero-order chi connectivity index (χ0) is 15.9. The van der Waals surface area contributed by atoms with Crippen molar-refractivity contribution in [3.63, 3.8) is 0 Å². The summed E-state index contributed by atoms with van der Waals surface area (Å²) < 4.78 is 5.70. The summed E-state index contributed by atoms with van der Waals surface area (Å²) in [4.78, 5) is 12.6. The minimum atomic E-state index is -0.00338. The van der Waals surface area contributed by atoms with Gasteiger partial charge in [-0.15, -0.1) is 0 Å². The van der Waals surface area contributed by atoms with Crippen LogP contribution in [0.4, 0.5) is 5.69 Å². The van der Waals surface area contributed by atoms with Crippen molar-refractivity contribution in [2.75, 3.05) is 5.01 Å². The lowest BCUT2D eigenvalue weighted by atomic mass is 9.86. The van der Waals surface area contributed by atoms with Gasteiger partial charge in [0.15, 0.2) is 0 Å². The van der Waals surface area contributed by atoms with Gasteiger partial charge in [0.05, 0.1) is 27.8 Å². The van der Waals surface area contributed by atoms with Crippen molar-refractivity contribution >= 4 is 34.8 Å². The number of amides is 1. The van der Waals surface area contributed by atoms with E-state index in [9.17, 15) is 4.79 Å². The predicted octanol–water partition coefficient (Wildman–Crippen LogP) is 4.19. The number of ether oxygens (including phenoxy) is 1. The molecule has 22 heavy (non-hydrogen) atoms. The van der Waals surface area contributed by atoms with Crippen molar-refractivity contribution in [3.05, 3.63) is 22.2 Å². The van der Waals surface area contributed by atoms with Crippen molar-refractivity contribution in [1.29, 1.82) is 0 Å². The van der Waals surface area contributed by atoms with Crippen LogP contribution in [0.1, 0.15) is 39.5 Å². The molecule has 1 heterocycles. The van der Waals surface area contributed by atoms with E-state index in [1.54, 1.807) is 17.1 Å². The van der Waals surface area contributed by atoms with Crippen molar-refractivity contribution < 1.29 is 9.53 Å². The largest absolute Gasteiger partial charge is 0.489 e. The van der Waals surface area contributed by atoms with Gasteiger partial charge >= 0.3 is 0 Å². The average Bonchev–Trinajstić information content (AvgIpc) is 2.79. The van der Waals surface area contributed by atoms with Crippen LogP contribution in [0.3, 0.4) is 0 Å². The van der Waals surface area contributed by atoms with E-state index in [1.165, 1.54) is 0 Å². The van der Waals surface area contributed by atoms with Crippen molar-refractivity contribution in [3.8, 4) is 5.75 Å². The summed E-state index contributed by atoms with van der Waals surface area (Å²) in [6.45, 7) is 3.86. The number of nitrogens with one attached hydrogen (secondary N) is 1. The van der Waals surface area contributed by atoms with Crippen LogP contribution >= 0.6 is 23.2 Å². The summed E-state index contributed by atoms with van der Waals surface area (Å²) in [7, 11) is 0. The Kier molecular flexibility index (Phi) is 4.53. The first kappa shape index (κ1) is 15.9. The molecule has 0 radical (unpaired) electrons. The third-order valence-electron chi connectivity index (χ3n) is 4.20. The first-order valence-electron chi connectivity index (χ1n) is 7.73. The molecule has 1 aliphatic carbocycles. The van der Waals surface area contributed by atoms with Gasteiger partial charge in [-0.25, -0.2) is 10.4 Å². The van der Waals surface area contributed by atoms with Gasteiger partial charge in [-0.2, -0.15) is 0 Å². The van der Waals surface area contributed by atoms with E-state index in [4.69, 9.17) is 27.9 Å². The number of hydrogen-bond acceptors (Lipinski definition) is 3. The molecule has 1 amide bonds. The Morgan fingerprint density at radius 3 is 2.64 bits per heavy atom. The lowest BCUT2D eigenvalue weighted by Crippen LogP contribution is -2.38. The van der Waals surface area contributed by atoms with Crippen LogP contribution < -0.4 is 15.2 Å². The monoisotopic (exact) mass is 342 g/mol. The number of nitrogens with zero attached hydrogens (tertiary/aromatic N) is 1. The minimum Gasteiger partial charge on any atom is -0.489 e. The fraction of sp³-hybridized carbons (Fsp3) is 0.562. The number of carbonyl (C=O) groups excluding carboxylic acids is 1. The third kappa shape index (κ3) is 2.92. The van der Waals surface area contributed by atoms with Gasteiger partial charge in [-0.1, -0.05) is 36.0 Å². The molecule has 1 aliphatic heterocycles. The van der Waals surface area contributed by atoms with Crippen LogP contribution in [0.5, 0.6) is 5.75 Å². The van der Waals surface area contributed by atoms with Crippen molar-refractivity contribution in [1.82, 2.24) is 5.43 Å². The normalized spacial score (nSPS) is 24.8. The van der Waals surface area contributed by atoms with Gasteiger partial charge in [0, 0.05) is 12.1 Å². The molecule has 4 nitrogen and oxygen atoms in total. The van der Waals surface area contributed by atoms with Crippen LogP contribution in [0.15, 0.2) is 12.1 Å². The van der Waals surface area contributed by atoms with Crippen LogP contribution in [-0.2, 0) is 4.79 Å². The molecule has 0 bridgehead atoms. The second-order valence-corrected chi connectivity index (χ2v) is 7.02. The van der Waals surface area contributed by atoms with Gasteiger partial charge in [-0.3, -0.25) is 4.79 Å². The molecule has 2 atom stereocenters. The molecule has 0 aromatic heterocycles. The number of carbonyl (C=O) groups is 1. The highest BCUT2D eigenvalue weighted by Crippen LogP contribution is 2.40. The molecule has 3 rings (SSSR count). The highest BCUT2D eigenvalue weighted by atomic mass is 35.5. The smallest absolute Gasteiger partial charge is 0.246 e. The molecule has 1 saturated carbocycles. The highest BCUT2D eigenvalue weighted by Gasteiger charge is 2.42. The molecule has 120 valence electrons. The number of benzene rings is 1. The van der Waals surface area contributed by atoms with Gasteiger partial charge < -0.3 is 4.74 Å². The zero-order valence-electron chi connectivity index (χ0n) is 12.7. The van der Waals surface area contributed by atoms with E-state index < -0.39 is 0 Å². The number of anilines is 1. The first-order valence-corrected chi connectivity index (χ1v) is 8.49. The Balaban J connectivity index is 1.92. The summed E-state index contributed by atoms with van der Waals surface area (Å²) in [6, 6.07) is 3.59. The van der Waals surface area contributed by atoms with E-state index in [-0.39, 0.29) is 24.0 Å². The summed E-state index contributed by atoms with van der Waals surface area (Å²) in [5.74, 6) is 0.680. The van der Waals surface area contributed by atoms with Gasteiger partial charge in [0.1, 0.15) is 5.75 Å². The fourth-order valence-electron chi connectivity index (χ4n) is 3.20. The predicted molar refractivity (Wildman–Crippen MR) is 88.6 cm³/mol. The summed E-state index contributed by atoms with van der Waals surface area (Å²) >= 11 is 12.5. The maximum absolute atomic E-state index is 12.6. The van der Waals surface area contributed by atoms with Crippen LogP contribution in [0.2, 0.25) is 10.0 Å². The van der Waals surface area contributed by atoms with Crippen molar-refractivity contribution in [2.24, 2.45) is 5.92 Å².